The van der Waals surface area contributed by atoms with Crippen molar-refractivity contribution in [1.82, 2.24) is 10.2 Å². The van der Waals surface area contributed by atoms with Gasteiger partial charge in [0.05, 0.1) is 7.11 Å². The van der Waals surface area contributed by atoms with Crippen LogP contribution in [0.25, 0.3) is 0 Å². The lowest BCUT2D eigenvalue weighted by Crippen LogP contribution is -2.28. The molecule has 1 aromatic carbocycles. The van der Waals surface area contributed by atoms with Crippen molar-refractivity contribution < 1.29 is 4.74 Å². The molecule has 0 spiro atoms. The zero-order chi connectivity index (χ0) is 13.4. The van der Waals surface area contributed by atoms with Crippen molar-refractivity contribution in [3.8, 4) is 5.75 Å². The molecule has 0 radical (unpaired) electrons. The summed E-state index contributed by atoms with van der Waals surface area (Å²) < 4.78 is 5.54. The van der Waals surface area contributed by atoms with E-state index in [-0.39, 0.29) is 0 Å². The third kappa shape index (κ3) is 2.37. The van der Waals surface area contributed by atoms with E-state index < -0.39 is 0 Å². The van der Waals surface area contributed by atoms with Crippen LogP contribution in [0.5, 0.6) is 5.75 Å². The van der Waals surface area contributed by atoms with Gasteiger partial charge in [-0.15, -0.1) is 0 Å². The van der Waals surface area contributed by atoms with Crippen LogP contribution in [0.2, 0.25) is 0 Å². The molecule has 0 aromatic heterocycles. The molecule has 2 heterocycles. The lowest BCUT2D eigenvalue weighted by molar-refractivity contribution is 0.238. The van der Waals surface area contributed by atoms with Gasteiger partial charge in [-0.1, -0.05) is 17.7 Å². The van der Waals surface area contributed by atoms with Crippen LogP contribution in [0.3, 0.4) is 0 Å². The number of rotatable bonds is 3. The standard InChI is InChI=1S/C16H24N2O/c1-11-4-5-16(19-3)15(6-11)12(2)18-9-13-7-17-8-14(13)10-18/h4-6,12-14,17H,7-10H2,1-3H3. The minimum Gasteiger partial charge on any atom is -0.496 e. The van der Waals surface area contributed by atoms with Gasteiger partial charge in [-0.25, -0.2) is 0 Å². The van der Waals surface area contributed by atoms with Gasteiger partial charge in [-0.05, 0) is 44.8 Å². The van der Waals surface area contributed by atoms with E-state index in [4.69, 9.17) is 4.74 Å². The van der Waals surface area contributed by atoms with Crippen molar-refractivity contribution in [3.63, 3.8) is 0 Å². The van der Waals surface area contributed by atoms with Gasteiger partial charge < -0.3 is 10.1 Å². The Balaban J connectivity index is 1.80. The molecule has 0 bridgehead atoms. The fourth-order valence-electron chi connectivity index (χ4n) is 3.58. The number of likely N-dealkylation sites (tertiary alicyclic amines) is 1. The van der Waals surface area contributed by atoms with Crippen LogP contribution in [0.4, 0.5) is 0 Å². The summed E-state index contributed by atoms with van der Waals surface area (Å²) in [5.74, 6) is 2.71. The first kappa shape index (κ1) is 12.9. The summed E-state index contributed by atoms with van der Waals surface area (Å²) in [7, 11) is 1.77. The van der Waals surface area contributed by atoms with Crippen molar-refractivity contribution in [2.75, 3.05) is 33.3 Å². The van der Waals surface area contributed by atoms with Crippen molar-refractivity contribution in [3.05, 3.63) is 29.3 Å². The first-order chi connectivity index (χ1) is 9.19. The van der Waals surface area contributed by atoms with Gasteiger partial charge in [0.15, 0.2) is 0 Å². The molecule has 3 heteroatoms. The maximum atomic E-state index is 5.54. The highest BCUT2D eigenvalue weighted by Crippen LogP contribution is 2.36. The van der Waals surface area contributed by atoms with Crippen molar-refractivity contribution in [2.24, 2.45) is 11.8 Å². The van der Waals surface area contributed by atoms with Crippen LogP contribution < -0.4 is 10.1 Å². The van der Waals surface area contributed by atoms with Gasteiger partial charge >= 0.3 is 0 Å². The molecule has 1 N–H and O–H groups in total. The van der Waals surface area contributed by atoms with Gasteiger partial charge in [-0.2, -0.15) is 0 Å². The summed E-state index contributed by atoms with van der Waals surface area (Å²) in [5.41, 5.74) is 2.64. The third-order valence-corrected chi connectivity index (χ3v) is 4.80. The fourth-order valence-corrected chi connectivity index (χ4v) is 3.58. The SMILES string of the molecule is COc1ccc(C)cc1C(C)N1CC2CNCC2C1. The molecule has 2 aliphatic rings. The molecular weight excluding hydrogens is 236 g/mol. The van der Waals surface area contributed by atoms with E-state index in [2.05, 4.69) is 42.3 Å². The summed E-state index contributed by atoms with van der Waals surface area (Å²) in [6, 6.07) is 6.94. The molecule has 19 heavy (non-hydrogen) atoms. The van der Waals surface area contributed by atoms with Crippen molar-refractivity contribution in [1.29, 1.82) is 0 Å². The summed E-state index contributed by atoms with van der Waals surface area (Å²) in [6.45, 7) is 9.29. The zero-order valence-corrected chi connectivity index (χ0v) is 12.1. The molecule has 3 rings (SSSR count). The Morgan fingerprint density at radius 3 is 2.58 bits per heavy atom. The van der Waals surface area contributed by atoms with E-state index in [0.717, 1.165) is 17.6 Å². The second-order valence-electron chi connectivity index (χ2n) is 6.05. The normalized spacial score (nSPS) is 28.4. The Kier molecular flexibility index (Phi) is 3.50. The molecule has 3 nitrogen and oxygen atoms in total. The average Bonchev–Trinajstić information content (AvgIpc) is 2.98. The Labute approximate surface area is 115 Å². The Morgan fingerprint density at radius 1 is 1.26 bits per heavy atom. The molecule has 2 saturated heterocycles. The molecule has 1 aromatic rings. The molecular formula is C16H24N2O. The predicted octanol–water partition coefficient (Wildman–Crippen LogP) is 2.22. The lowest BCUT2D eigenvalue weighted by atomic mass is 10.0. The number of hydrogen-bond acceptors (Lipinski definition) is 3. The van der Waals surface area contributed by atoms with Gasteiger partial charge in [0, 0.05) is 24.7 Å². The Morgan fingerprint density at radius 2 is 1.95 bits per heavy atom. The monoisotopic (exact) mass is 260 g/mol. The minimum absolute atomic E-state index is 0.445. The minimum atomic E-state index is 0.445. The molecule has 3 unspecified atom stereocenters. The van der Waals surface area contributed by atoms with Crippen LogP contribution in [-0.2, 0) is 0 Å². The average molecular weight is 260 g/mol. The predicted molar refractivity (Wildman–Crippen MR) is 77.6 cm³/mol. The van der Waals surface area contributed by atoms with E-state index in [1.165, 1.54) is 37.3 Å². The number of hydrogen-bond donors (Lipinski definition) is 1. The summed E-state index contributed by atoms with van der Waals surface area (Å²) >= 11 is 0. The highest BCUT2D eigenvalue weighted by Gasteiger charge is 2.38. The first-order valence-corrected chi connectivity index (χ1v) is 7.28. The Bertz CT molecular complexity index is 448. The van der Waals surface area contributed by atoms with Gasteiger partial charge in [0.1, 0.15) is 5.75 Å². The second kappa shape index (κ2) is 5.14. The largest absolute Gasteiger partial charge is 0.496 e. The number of benzene rings is 1. The number of nitrogens with one attached hydrogen (secondary N) is 1. The van der Waals surface area contributed by atoms with Crippen molar-refractivity contribution >= 4 is 0 Å². The number of ether oxygens (including phenoxy) is 1. The van der Waals surface area contributed by atoms with E-state index >= 15 is 0 Å². The summed E-state index contributed by atoms with van der Waals surface area (Å²) in [6.07, 6.45) is 0. The zero-order valence-electron chi connectivity index (χ0n) is 12.1. The molecule has 0 saturated carbocycles. The number of aryl methyl sites for hydroxylation is 1. The van der Waals surface area contributed by atoms with Gasteiger partial charge in [-0.3, -0.25) is 4.90 Å². The van der Waals surface area contributed by atoms with E-state index in [1.807, 2.05) is 0 Å². The number of fused-ring (bicyclic) bond motifs is 1. The number of methoxy groups -OCH3 is 1. The van der Waals surface area contributed by atoms with Crippen LogP contribution >= 0.6 is 0 Å². The maximum absolute atomic E-state index is 5.54. The molecule has 104 valence electrons. The second-order valence-corrected chi connectivity index (χ2v) is 6.05. The third-order valence-electron chi connectivity index (χ3n) is 4.80. The van der Waals surface area contributed by atoms with Crippen LogP contribution in [0.1, 0.15) is 24.1 Å². The first-order valence-electron chi connectivity index (χ1n) is 7.28. The molecule has 3 atom stereocenters. The fraction of sp³-hybridized carbons (Fsp3) is 0.625. The quantitative estimate of drug-likeness (QED) is 0.902. The Hall–Kier alpha value is -1.06. The maximum Gasteiger partial charge on any atom is 0.123 e. The summed E-state index contributed by atoms with van der Waals surface area (Å²) in [4.78, 5) is 2.62. The number of nitrogens with zero attached hydrogens (tertiary/aromatic N) is 1. The molecule has 2 aliphatic heterocycles. The molecule has 2 fully saturated rings. The molecule has 0 amide bonds. The van der Waals surface area contributed by atoms with Crippen LogP contribution in [0, 0.1) is 18.8 Å². The van der Waals surface area contributed by atoms with E-state index in [9.17, 15) is 0 Å². The van der Waals surface area contributed by atoms with Crippen LogP contribution in [-0.4, -0.2) is 38.2 Å². The van der Waals surface area contributed by atoms with E-state index in [0.29, 0.717) is 6.04 Å². The van der Waals surface area contributed by atoms with Gasteiger partial charge in [0.25, 0.3) is 0 Å². The highest BCUT2D eigenvalue weighted by atomic mass is 16.5. The highest BCUT2D eigenvalue weighted by molar-refractivity contribution is 5.39. The smallest absolute Gasteiger partial charge is 0.123 e. The molecule has 0 aliphatic carbocycles. The van der Waals surface area contributed by atoms with Crippen LogP contribution in [0.15, 0.2) is 18.2 Å². The lowest BCUT2D eigenvalue weighted by Gasteiger charge is -2.27. The van der Waals surface area contributed by atoms with Crippen molar-refractivity contribution in [2.45, 2.75) is 19.9 Å². The van der Waals surface area contributed by atoms with Gasteiger partial charge in [0.2, 0.25) is 0 Å². The summed E-state index contributed by atoms with van der Waals surface area (Å²) in [5, 5.41) is 3.50. The van der Waals surface area contributed by atoms with E-state index in [1.54, 1.807) is 7.11 Å². The topological polar surface area (TPSA) is 24.5 Å².